The molecule has 2 aromatic carbocycles. The summed E-state index contributed by atoms with van der Waals surface area (Å²) in [6, 6.07) is 11.0. The maximum Gasteiger partial charge on any atom is 0.253 e. The highest BCUT2D eigenvalue weighted by molar-refractivity contribution is 6.33. The van der Waals surface area contributed by atoms with Crippen LogP contribution in [0.15, 0.2) is 54.9 Å². The van der Waals surface area contributed by atoms with Crippen LogP contribution in [-0.4, -0.2) is 15.7 Å². The molecule has 3 aromatic rings. The third-order valence-electron chi connectivity index (χ3n) is 3.70. The molecule has 0 saturated heterocycles. The second-order valence-electron chi connectivity index (χ2n) is 5.40. The van der Waals surface area contributed by atoms with Crippen LogP contribution in [0.5, 0.6) is 0 Å². The Hall–Kier alpha value is -2.73. The first kappa shape index (κ1) is 17.1. The molecule has 0 spiro atoms. The van der Waals surface area contributed by atoms with Gasteiger partial charge in [0.2, 0.25) is 0 Å². The Bertz CT molecular complexity index is 897. The van der Waals surface area contributed by atoms with E-state index in [0.29, 0.717) is 6.54 Å². The summed E-state index contributed by atoms with van der Waals surface area (Å²) in [5.41, 5.74) is 1.78. The molecule has 0 saturated carbocycles. The number of rotatable bonds is 5. The summed E-state index contributed by atoms with van der Waals surface area (Å²) in [6.07, 6.45) is 3.53. The first-order chi connectivity index (χ1) is 12.0. The van der Waals surface area contributed by atoms with Crippen molar-refractivity contribution in [1.29, 1.82) is 0 Å². The van der Waals surface area contributed by atoms with Crippen molar-refractivity contribution in [1.82, 2.24) is 15.1 Å². The fourth-order valence-electron chi connectivity index (χ4n) is 2.42. The van der Waals surface area contributed by atoms with Gasteiger partial charge in [-0.3, -0.25) is 9.48 Å². The third kappa shape index (κ3) is 4.03. The molecule has 0 aliphatic carbocycles. The van der Waals surface area contributed by atoms with Crippen molar-refractivity contribution in [3.8, 4) is 0 Å². The maximum atomic E-state index is 13.3. The number of hydrogen-bond acceptors (Lipinski definition) is 2. The van der Waals surface area contributed by atoms with Crippen molar-refractivity contribution >= 4 is 17.5 Å². The van der Waals surface area contributed by atoms with E-state index in [-0.39, 0.29) is 17.1 Å². The lowest BCUT2D eigenvalue weighted by atomic mass is 10.1. The Morgan fingerprint density at radius 1 is 1.12 bits per heavy atom. The van der Waals surface area contributed by atoms with Gasteiger partial charge >= 0.3 is 0 Å². The average molecular weight is 362 g/mol. The van der Waals surface area contributed by atoms with E-state index in [1.807, 2.05) is 36.5 Å². The molecule has 0 unspecified atom stereocenters. The highest BCUT2D eigenvalue weighted by Gasteiger charge is 2.15. The summed E-state index contributed by atoms with van der Waals surface area (Å²) in [7, 11) is 0. The van der Waals surface area contributed by atoms with E-state index in [1.165, 1.54) is 0 Å². The largest absolute Gasteiger partial charge is 0.348 e. The number of hydrogen-bond donors (Lipinski definition) is 1. The van der Waals surface area contributed by atoms with E-state index in [2.05, 4.69) is 10.4 Å². The molecule has 0 aliphatic rings. The number of aromatic nitrogens is 2. The minimum Gasteiger partial charge on any atom is -0.348 e. The summed E-state index contributed by atoms with van der Waals surface area (Å²) < 4.78 is 28.2. The fourth-order valence-corrected chi connectivity index (χ4v) is 2.66. The first-order valence-electron chi connectivity index (χ1n) is 7.51. The van der Waals surface area contributed by atoms with Gasteiger partial charge in [0, 0.05) is 18.9 Å². The molecule has 128 valence electrons. The normalized spacial score (nSPS) is 10.7. The lowest BCUT2D eigenvalue weighted by Crippen LogP contribution is -2.24. The molecular weight excluding hydrogens is 348 g/mol. The van der Waals surface area contributed by atoms with Crippen molar-refractivity contribution in [2.75, 3.05) is 0 Å². The van der Waals surface area contributed by atoms with E-state index in [1.54, 1.807) is 10.9 Å². The zero-order chi connectivity index (χ0) is 17.8. The van der Waals surface area contributed by atoms with Gasteiger partial charge in [-0.25, -0.2) is 8.78 Å². The van der Waals surface area contributed by atoms with Crippen molar-refractivity contribution in [3.05, 3.63) is 88.2 Å². The van der Waals surface area contributed by atoms with Gasteiger partial charge < -0.3 is 5.32 Å². The van der Waals surface area contributed by atoms with Gasteiger partial charge in [0.05, 0.1) is 17.1 Å². The van der Waals surface area contributed by atoms with Gasteiger partial charge in [-0.1, -0.05) is 35.9 Å². The molecule has 0 bridgehead atoms. The van der Waals surface area contributed by atoms with E-state index in [4.69, 9.17) is 11.6 Å². The minimum atomic E-state index is -1.12. The van der Waals surface area contributed by atoms with Crippen LogP contribution in [0, 0.1) is 11.6 Å². The summed E-state index contributed by atoms with van der Waals surface area (Å²) in [5, 5.41) is 6.70. The molecule has 0 radical (unpaired) electrons. The maximum absolute atomic E-state index is 13.3. The molecular formula is C18H14ClF2N3O. The standard InChI is InChI=1S/C18H14ClF2N3O/c19-15-9-17(21)16(20)8-14(15)18(25)22-10-12-4-1-2-5-13(12)11-24-7-3-6-23-24/h1-9H,10-11H2,(H,22,25). The fraction of sp³-hybridized carbons (Fsp3) is 0.111. The Kier molecular flexibility index (Phi) is 5.09. The highest BCUT2D eigenvalue weighted by atomic mass is 35.5. The molecule has 0 atom stereocenters. The predicted molar refractivity (Wildman–Crippen MR) is 90.3 cm³/mol. The molecule has 4 nitrogen and oxygen atoms in total. The zero-order valence-corrected chi connectivity index (χ0v) is 13.8. The molecule has 3 rings (SSSR count). The Morgan fingerprint density at radius 3 is 2.56 bits per heavy atom. The quantitative estimate of drug-likeness (QED) is 0.703. The van der Waals surface area contributed by atoms with Gasteiger partial charge in [-0.15, -0.1) is 0 Å². The van der Waals surface area contributed by atoms with Crippen LogP contribution in [0.3, 0.4) is 0 Å². The lowest BCUT2D eigenvalue weighted by Gasteiger charge is -2.12. The Morgan fingerprint density at radius 2 is 1.84 bits per heavy atom. The molecule has 7 heteroatoms. The number of carbonyl (C=O) groups is 1. The molecule has 1 N–H and O–H groups in total. The number of nitrogens with one attached hydrogen (secondary N) is 1. The summed E-state index contributed by atoms with van der Waals surface area (Å²) in [6.45, 7) is 0.788. The molecule has 0 fully saturated rings. The zero-order valence-electron chi connectivity index (χ0n) is 13.0. The van der Waals surface area contributed by atoms with Gasteiger partial charge in [-0.2, -0.15) is 5.10 Å². The molecule has 0 aliphatic heterocycles. The van der Waals surface area contributed by atoms with Gasteiger partial charge in [0.25, 0.3) is 5.91 Å². The van der Waals surface area contributed by atoms with E-state index in [0.717, 1.165) is 23.3 Å². The summed E-state index contributed by atoms with van der Waals surface area (Å²) in [5.74, 6) is -2.78. The monoisotopic (exact) mass is 361 g/mol. The smallest absolute Gasteiger partial charge is 0.253 e. The van der Waals surface area contributed by atoms with E-state index >= 15 is 0 Å². The Balaban J connectivity index is 1.74. The first-order valence-corrected chi connectivity index (χ1v) is 7.89. The lowest BCUT2D eigenvalue weighted by molar-refractivity contribution is 0.0950. The van der Waals surface area contributed by atoms with Crippen LogP contribution in [0.25, 0.3) is 0 Å². The number of halogens is 3. The second kappa shape index (κ2) is 7.44. The minimum absolute atomic E-state index is 0.106. The average Bonchev–Trinajstić information content (AvgIpc) is 3.10. The molecule has 1 heterocycles. The topological polar surface area (TPSA) is 46.9 Å². The summed E-state index contributed by atoms with van der Waals surface area (Å²) in [4.78, 5) is 12.2. The van der Waals surface area contributed by atoms with Crippen LogP contribution in [0.2, 0.25) is 5.02 Å². The summed E-state index contributed by atoms with van der Waals surface area (Å²) >= 11 is 5.83. The van der Waals surface area contributed by atoms with Crippen molar-refractivity contribution in [2.45, 2.75) is 13.1 Å². The van der Waals surface area contributed by atoms with Gasteiger partial charge in [-0.05, 0) is 29.3 Å². The van der Waals surface area contributed by atoms with Crippen LogP contribution < -0.4 is 5.32 Å². The number of carbonyl (C=O) groups excluding carboxylic acids is 1. The van der Waals surface area contributed by atoms with Crippen LogP contribution >= 0.6 is 11.6 Å². The number of amides is 1. The number of nitrogens with zero attached hydrogens (tertiary/aromatic N) is 2. The number of benzene rings is 2. The van der Waals surface area contributed by atoms with Crippen LogP contribution in [0.1, 0.15) is 21.5 Å². The predicted octanol–water partition coefficient (Wildman–Crippen LogP) is 3.79. The molecule has 1 aromatic heterocycles. The second-order valence-corrected chi connectivity index (χ2v) is 5.81. The van der Waals surface area contributed by atoms with Crippen molar-refractivity contribution < 1.29 is 13.6 Å². The highest BCUT2D eigenvalue weighted by Crippen LogP contribution is 2.20. The van der Waals surface area contributed by atoms with Gasteiger partial charge in [0.1, 0.15) is 0 Å². The van der Waals surface area contributed by atoms with E-state index < -0.39 is 17.5 Å². The third-order valence-corrected chi connectivity index (χ3v) is 4.02. The Labute approximate surface area is 148 Å². The van der Waals surface area contributed by atoms with Crippen molar-refractivity contribution in [2.24, 2.45) is 0 Å². The van der Waals surface area contributed by atoms with Gasteiger partial charge in [0.15, 0.2) is 11.6 Å². The molecule has 25 heavy (non-hydrogen) atoms. The van der Waals surface area contributed by atoms with E-state index in [9.17, 15) is 13.6 Å². The van der Waals surface area contributed by atoms with Crippen molar-refractivity contribution in [3.63, 3.8) is 0 Å². The molecule has 1 amide bonds. The van der Waals surface area contributed by atoms with Crippen LogP contribution in [0.4, 0.5) is 8.78 Å². The SMILES string of the molecule is O=C(NCc1ccccc1Cn1cccn1)c1cc(F)c(F)cc1Cl. The van der Waals surface area contributed by atoms with Crippen LogP contribution in [-0.2, 0) is 13.1 Å².